The number of nitriles is 1. The number of H-pyrrole nitrogens is 1. The van der Waals surface area contributed by atoms with Crippen molar-refractivity contribution in [3.05, 3.63) is 42.1 Å². The predicted octanol–water partition coefficient (Wildman–Crippen LogP) is 3.42. The van der Waals surface area contributed by atoms with Gasteiger partial charge in [-0.3, -0.25) is 4.98 Å². The zero-order valence-corrected chi connectivity index (χ0v) is 17.6. The number of fused-ring (bicyclic) bond motifs is 5. The molecule has 5 rings (SSSR count). The zero-order chi connectivity index (χ0) is 21.2. The molecule has 7 heteroatoms. The van der Waals surface area contributed by atoms with Crippen LogP contribution in [0.5, 0.6) is 11.5 Å². The van der Waals surface area contributed by atoms with Crippen molar-refractivity contribution in [2.45, 2.75) is 6.42 Å². The Labute approximate surface area is 180 Å². The zero-order valence-electron chi connectivity index (χ0n) is 17.6. The van der Waals surface area contributed by atoms with E-state index in [0.717, 1.165) is 71.9 Å². The molecule has 2 aromatic carbocycles. The van der Waals surface area contributed by atoms with E-state index in [0.29, 0.717) is 23.7 Å². The Bertz CT molecular complexity index is 1280. The molecule has 1 fully saturated rings. The molecule has 158 valence electrons. The topological polar surface area (TPSA) is 86.2 Å². The van der Waals surface area contributed by atoms with Crippen molar-refractivity contribution >= 4 is 32.7 Å². The monoisotopic (exact) mass is 415 g/mol. The number of hydrogen-bond donors (Lipinski definition) is 2. The van der Waals surface area contributed by atoms with Crippen molar-refractivity contribution in [2.75, 3.05) is 46.4 Å². The van der Waals surface area contributed by atoms with Gasteiger partial charge in [0, 0.05) is 66.7 Å². The molecule has 0 saturated carbocycles. The van der Waals surface area contributed by atoms with E-state index in [2.05, 4.69) is 26.3 Å². The smallest absolute Gasteiger partial charge is 0.163 e. The van der Waals surface area contributed by atoms with Crippen LogP contribution in [0.3, 0.4) is 0 Å². The first-order valence-electron chi connectivity index (χ1n) is 10.6. The highest BCUT2D eigenvalue weighted by Gasteiger charge is 2.14. The summed E-state index contributed by atoms with van der Waals surface area (Å²) in [4.78, 5) is 10.6. The molecule has 2 N–H and O–H groups in total. The molecule has 0 amide bonds. The van der Waals surface area contributed by atoms with Gasteiger partial charge in [-0.2, -0.15) is 5.26 Å². The van der Waals surface area contributed by atoms with Gasteiger partial charge in [-0.25, -0.2) is 0 Å². The van der Waals surface area contributed by atoms with Gasteiger partial charge >= 0.3 is 0 Å². The Morgan fingerprint density at radius 3 is 2.77 bits per heavy atom. The molecule has 31 heavy (non-hydrogen) atoms. The number of ether oxygens (including phenoxy) is 2. The van der Waals surface area contributed by atoms with Crippen LogP contribution < -0.4 is 14.8 Å². The minimum absolute atomic E-state index is 0.630. The van der Waals surface area contributed by atoms with Crippen molar-refractivity contribution in [1.29, 1.82) is 5.26 Å². The third-order valence-electron chi connectivity index (χ3n) is 5.94. The van der Waals surface area contributed by atoms with Crippen LogP contribution in [0.4, 0.5) is 0 Å². The van der Waals surface area contributed by atoms with E-state index in [4.69, 9.17) is 9.47 Å². The van der Waals surface area contributed by atoms with Crippen molar-refractivity contribution in [3.8, 4) is 17.6 Å². The number of hydrogen-bond acceptors (Lipinski definition) is 6. The van der Waals surface area contributed by atoms with Gasteiger partial charge in [-0.1, -0.05) is 6.07 Å². The lowest BCUT2D eigenvalue weighted by molar-refractivity contribution is 0.211. The fraction of sp³-hybridized carbons (Fsp3) is 0.333. The van der Waals surface area contributed by atoms with Crippen LogP contribution >= 0.6 is 0 Å². The van der Waals surface area contributed by atoms with E-state index in [1.807, 2.05) is 36.5 Å². The fourth-order valence-electron chi connectivity index (χ4n) is 4.30. The van der Waals surface area contributed by atoms with Crippen LogP contribution in [0.25, 0.3) is 32.7 Å². The Hall–Kier alpha value is -3.34. The highest BCUT2D eigenvalue weighted by atomic mass is 16.5. The van der Waals surface area contributed by atoms with Crippen LogP contribution in [0, 0.1) is 11.3 Å². The second kappa shape index (κ2) is 8.42. The average Bonchev–Trinajstić information content (AvgIpc) is 3.20. The van der Waals surface area contributed by atoms with Gasteiger partial charge in [-0.15, -0.1) is 0 Å². The third kappa shape index (κ3) is 3.76. The number of piperazine rings is 1. The lowest BCUT2D eigenvalue weighted by Crippen LogP contribution is -2.43. The summed E-state index contributed by atoms with van der Waals surface area (Å²) in [6.07, 6.45) is 2.85. The van der Waals surface area contributed by atoms with E-state index in [1.54, 1.807) is 7.11 Å². The molecule has 0 bridgehead atoms. The molecule has 0 unspecified atom stereocenters. The van der Waals surface area contributed by atoms with E-state index in [1.165, 1.54) is 0 Å². The minimum atomic E-state index is 0.630. The van der Waals surface area contributed by atoms with Crippen LogP contribution in [0.1, 0.15) is 12.0 Å². The van der Waals surface area contributed by atoms with Crippen molar-refractivity contribution < 1.29 is 9.47 Å². The summed E-state index contributed by atoms with van der Waals surface area (Å²) in [6, 6.07) is 11.8. The molecular weight excluding hydrogens is 390 g/mol. The number of methoxy groups -OCH3 is 1. The fourth-order valence-corrected chi connectivity index (χ4v) is 4.30. The average molecular weight is 415 g/mol. The maximum absolute atomic E-state index is 9.19. The minimum Gasteiger partial charge on any atom is -0.493 e. The van der Waals surface area contributed by atoms with Crippen LogP contribution in [-0.2, 0) is 0 Å². The maximum atomic E-state index is 9.19. The summed E-state index contributed by atoms with van der Waals surface area (Å²) in [5.41, 5.74) is 3.39. The molecule has 4 aromatic rings. The van der Waals surface area contributed by atoms with Gasteiger partial charge in [-0.05, 0) is 24.6 Å². The summed E-state index contributed by atoms with van der Waals surface area (Å²) in [5, 5.41) is 15.6. The Balaban J connectivity index is 1.43. The molecule has 0 aliphatic carbocycles. The van der Waals surface area contributed by atoms with E-state index < -0.39 is 0 Å². The first-order chi connectivity index (χ1) is 15.3. The predicted molar refractivity (Wildman–Crippen MR) is 122 cm³/mol. The van der Waals surface area contributed by atoms with Crippen LogP contribution in [-0.4, -0.2) is 61.3 Å². The number of nitrogens with one attached hydrogen (secondary N) is 2. The van der Waals surface area contributed by atoms with Gasteiger partial charge < -0.3 is 24.7 Å². The first kappa shape index (κ1) is 19.6. The van der Waals surface area contributed by atoms with Gasteiger partial charge in [0.25, 0.3) is 0 Å². The first-order valence-corrected chi connectivity index (χ1v) is 10.6. The van der Waals surface area contributed by atoms with Crippen LogP contribution in [0.2, 0.25) is 0 Å². The van der Waals surface area contributed by atoms with Crippen molar-refractivity contribution in [1.82, 2.24) is 20.2 Å². The number of rotatable bonds is 6. The third-order valence-corrected chi connectivity index (χ3v) is 5.94. The number of aromatic nitrogens is 2. The molecule has 1 aliphatic rings. The van der Waals surface area contributed by atoms with Crippen molar-refractivity contribution in [3.63, 3.8) is 0 Å². The van der Waals surface area contributed by atoms with E-state index in [-0.39, 0.29) is 0 Å². The maximum Gasteiger partial charge on any atom is 0.163 e. The normalized spacial score (nSPS) is 14.8. The number of benzene rings is 2. The number of nitrogens with zero attached hydrogens (tertiary/aromatic N) is 3. The summed E-state index contributed by atoms with van der Waals surface area (Å²) in [7, 11) is 1.66. The molecule has 3 heterocycles. The highest BCUT2D eigenvalue weighted by molar-refractivity contribution is 6.16. The molecule has 0 atom stereocenters. The lowest BCUT2D eigenvalue weighted by atomic mass is 10.1. The van der Waals surface area contributed by atoms with Gasteiger partial charge in [0.2, 0.25) is 0 Å². The quantitative estimate of drug-likeness (QED) is 0.469. The molecule has 1 aliphatic heterocycles. The Morgan fingerprint density at radius 1 is 1.10 bits per heavy atom. The summed E-state index contributed by atoms with van der Waals surface area (Å²) in [6.45, 7) is 5.99. The van der Waals surface area contributed by atoms with E-state index in [9.17, 15) is 5.26 Å². The molecule has 0 radical (unpaired) electrons. The number of aromatic amines is 1. The molecule has 0 spiro atoms. The lowest BCUT2D eigenvalue weighted by Gasteiger charge is -2.27. The summed E-state index contributed by atoms with van der Waals surface area (Å²) < 4.78 is 11.7. The van der Waals surface area contributed by atoms with Crippen LogP contribution in [0.15, 0.2) is 36.5 Å². The highest BCUT2D eigenvalue weighted by Crippen LogP contribution is 2.36. The Kier molecular flexibility index (Phi) is 5.33. The van der Waals surface area contributed by atoms with Gasteiger partial charge in [0.05, 0.1) is 36.4 Å². The SMILES string of the molecule is COc1cc2c(cc1OCCCN1CCNCC1)ncc1c3ccc(C#N)cc3[nH]c21. The van der Waals surface area contributed by atoms with Gasteiger partial charge in [0.1, 0.15) is 0 Å². The largest absolute Gasteiger partial charge is 0.493 e. The Morgan fingerprint density at radius 2 is 1.97 bits per heavy atom. The second-order valence-electron chi connectivity index (χ2n) is 7.86. The summed E-state index contributed by atoms with van der Waals surface area (Å²) in [5.74, 6) is 1.41. The second-order valence-corrected chi connectivity index (χ2v) is 7.86. The number of pyridine rings is 1. The molecule has 2 aromatic heterocycles. The molecule has 7 nitrogen and oxygen atoms in total. The van der Waals surface area contributed by atoms with Gasteiger partial charge in [0.15, 0.2) is 11.5 Å². The van der Waals surface area contributed by atoms with Crippen molar-refractivity contribution in [2.24, 2.45) is 0 Å². The summed E-state index contributed by atoms with van der Waals surface area (Å²) >= 11 is 0. The molecular formula is C24H25N5O2. The standard InChI is InChI=1S/C24H25N5O2/c1-30-22-12-18-20(13-23(22)31-10-2-7-29-8-5-26-6-9-29)27-15-19-17-4-3-16(14-25)11-21(17)28-24(18)19/h3-4,11-13,15,26,28H,2,5-10H2,1H3. The van der Waals surface area contributed by atoms with E-state index >= 15 is 0 Å². The molecule has 1 saturated heterocycles.